The summed E-state index contributed by atoms with van der Waals surface area (Å²) in [6.07, 6.45) is -6.42. The Morgan fingerprint density at radius 2 is 1.72 bits per heavy atom. The summed E-state index contributed by atoms with van der Waals surface area (Å²) in [6, 6.07) is 6.41. The Labute approximate surface area is 163 Å². The third-order valence-electron chi connectivity index (χ3n) is 3.93. The molecule has 2 atom stereocenters. The number of halogens is 4. The molecular formula is C18H16F4O6S. The first-order chi connectivity index (χ1) is 13.3. The number of hydrogen-bond acceptors (Lipinski definition) is 5. The minimum Gasteiger partial charge on any atom is -0.482 e. The number of carbonyl (C=O) groups is 1. The van der Waals surface area contributed by atoms with Crippen LogP contribution in [0.5, 0.6) is 5.75 Å². The van der Waals surface area contributed by atoms with Crippen molar-refractivity contribution in [2.75, 3.05) is 6.61 Å². The monoisotopic (exact) mass is 436 g/mol. The zero-order valence-corrected chi connectivity index (χ0v) is 15.7. The van der Waals surface area contributed by atoms with Gasteiger partial charge in [0.05, 0.1) is 10.5 Å². The summed E-state index contributed by atoms with van der Waals surface area (Å²) >= 11 is 0. The van der Waals surface area contributed by atoms with E-state index in [2.05, 4.69) is 0 Å². The molecule has 0 aromatic heterocycles. The molecule has 0 amide bonds. The lowest BCUT2D eigenvalue weighted by Crippen LogP contribution is -2.14. The van der Waals surface area contributed by atoms with Crippen LogP contribution in [0, 0.1) is 0 Å². The van der Waals surface area contributed by atoms with Crippen molar-refractivity contribution in [1.82, 2.24) is 0 Å². The molecule has 0 aliphatic rings. The normalized spacial score (nSPS) is 14.3. The fraction of sp³-hybridized carbons (Fsp3) is 0.278. The molecule has 0 aliphatic heterocycles. The van der Waals surface area contributed by atoms with Gasteiger partial charge in [-0.25, -0.2) is 17.6 Å². The number of sulfone groups is 1. The summed E-state index contributed by atoms with van der Waals surface area (Å²) in [6.45, 7) is -0.0105. The average Bonchev–Trinajstić information content (AvgIpc) is 2.64. The Morgan fingerprint density at radius 3 is 2.21 bits per heavy atom. The molecule has 0 aliphatic carbocycles. The summed E-state index contributed by atoms with van der Waals surface area (Å²) < 4.78 is 80.9. The van der Waals surface area contributed by atoms with Crippen LogP contribution >= 0.6 is 0 Å². The van der Waals surface area contributed by atoms with Gasteiger partial charge in [0, 0.05) is 5.56 Å². The van der Waals surface area contributed by atoms with Crippen molar-refractivity contribution in [3.05, 3.63) is 59.2 Å². The van der Waals surface area contributed by atoms with Crippen LogP contribution in [-0.4, -0.2) is 36.7 Å². The highest BCUT2D eigenvalue weighted by molar-refractivity contribution is 7.91. The number of benzene rings is 2. The highest BCUT2D eigenvalue weighted by atomic mass is 32.2. The van der Waals surface area contributed by atoms with Crippen LogP contribution in [0.3, 0.4) is 0 Å². The van der Waals surface area contributed by atoms with Crippen LogP contribution in [0.15, 0.2) is 47.4 Å². The van der Waals surface area contributed by atoms with Gasteiger partial charge in [-0.3, -0.25) is 0 Å². The van der Waals surface area contributed by atoms with Gasteiger partial charge >= 0.3 is 12.1 Å². The molecule has 0 heterocycles. The molecule has 2 unspecified atom stereocenters. The van der Waals surface area contributed by atoms with Crippen LogP contribution in [0.25, 0.3) is 0 Å². The van der Waals surface area contributed by atoms with Crippen LogP contribution in [-0.2, 0) is 20.8 Å². The summed E-state index contributed by atoms with van der Waals surface area (Å²) in [4.78, 5) is 10.3. The molecule has 0 spiro atoms. The van der Waals surface area contributed by atoms with E-state index in [0.717, 1.165) is 37.3 Å². The minimum atomic E-state index is -4.73. The standard InChI is InChI=1S/C18H16F4O6S/c1-10(19)29(26,27)13-5-2-11(3-6-13)17(25)14-8-12(18(20,21)22)4-7-15(14)28-9-16(23)24/h2-8,10,17,25H,9H2,1H3,(H,23,24). The summed E-state index contributed by atoms with van der Waals surface area (Å²) in [5, 5.41) is 19.2. The van der Waals surface area contributed by atoms with Gasteiger partial charge < -0.3 is 14.9 Å². The molecular weight excluding hydrogens is 420 g/mol. The van der Waals surface area contributed by atoms with Crippen molar-refractivity contribution in [2.24, 2.45) is 0 Å². The topological polar surface area (TPSA) is 101 Å². The predicted molar refractivity (Wildman–Crippen MR) is 92.8 cm³/mol. The van der Waals surface area contributed by atoms with E-state index in [1.54, 1.807) is 0 Å². The number of hydrogen-bond donors (Lipinski definition) is 2. The van der Waals surface area contributed by atoms with Gasteiger partial charge in [-0.15, -0.1) is 0 Å². The van der Waals surface area contributed by atoms with Gasteiger partial charge in [-0.2, -0.15) is 13.2 Å². The lowest BCUT2D eigenvalue weighted by molar-refractivity contribution is -0.140. The van der Waals surface area contributed by atoms with E-state index in [4.69, 9.17) is 9.84 Å². The molecule has 2 aromatic carbocycles. The maximum atomic E-state index is 13.2. The Bertz CT molecular complexity index is 984. The van der Waals surface area contributed by atoms with Crippen molar-refractivity contribution in [1.29, 1.82) is 0 Å². The molecule has 0 radical (unpaired) electrons. The van der Waals surface area contributed by atoms with Crippen LogP contribution in [0.4, 0.5) is 17.6 Å². The third kappa shape index (κ3) is 5.24. The Morgan fingerprint density at radius 1 is 1.14 bits per heavy atom. The number of carboxylic acid groups (broad SMARTS) is 1. The van der Waals surface area contributed by atoms with Crippen LogP contribution < -0.4 is 4.74 Å². The van der Waals surface area contributed by atoms with Crippen LogP contribution in [0.2, 0.25) is 0 Å². The molecule has 158 valence electrons. The van der Waals surface area contributed by atoms with E-state index < -0.39 is 45.8 Å². The van der Waals surface area contributed by atoms with Crippen molar-refractivity contribution in [3.8, 4) is 5.75 Å². The fourth-order valence-electron chi connectivity index (χ4n) is 2.42. The first-order valence-electron chi connectivity index (χ1n) is 8.05. The number of aliphatic carboxylic acids is 1. The first-order valence-corrected chi connectivity index (χ1v) is 9.60. The van der Waals surface area contributed by atoms with E-state index in [-0.39, 0.29) is 21.8 Å². The van der Waals surface area contributed by atoms with Gasteiger partial charge in [0.15, 0.2) is 6.61 Å². The summed E-state index contributed by atoms with van der Waals surface area (Å²) in [7, 11) is -4.22. The number of rotatable bonds is 7. The molecule has 2 rings (SSSR count). The van der Waals surface area contributed by atoms with E-state index in [1.165, 1.54) is 0 Å². The maximum Gasteiger partial charge on any atom is 0.416 e. The second-order valence-corrected chi connectivity index (χ2v) is 8.20. The SMILES string of the molecule is CC(F)S(=O)(=O)c1ccc(C(O)c2cc(C(F)(F)F)ccc2OCC(=O)O)cc1. The molecule has 11 heteroatoms. The van der Waals surface area contributed by atoms with E-state index in [9.17, 15) is 35.9 Å². The molecule has 2 aromatic rings. The van der Waals surface area contributed by atoms with Crippen molar-refractivity contribution >= 4 is 15.8 Å². The third-order valence-corrected chi connectivity index (χ3v) is 5.72. The molecule has 0 saturated carbocycles. The number of aliphatic hydroxyl groups excluding tert-OH is 1. The quantitative estimate of drug-likeness (QED) is 0.646. The van der Waals surface area contributed by atoms with E-state index >= 15 is 0 Å². The predicted octanol–water partition coefficient (Wildman–Crippen LogP) is 3.34. The van der Waals surface area contributed by atoms with Crippen molar-refractivity contribution in [3.63, 3.8) is 0 Å². The highest BCUT2D eigenvalue weighted by Gasteiger charge is 2.32. The second kappa shape index (κ2) is 8.37. The van der Waals surface area contributed by atoms with Gasteiger partial charge in [0.25, 0.3) is 0 Å². The lowest BCUT2D eigenvalue weighted by atomic mass is 9.98. The Kier molecular flexibility index (Phi) is 6.53. The van der Waals surface area contributed by atoms with Gasteiger partial charge in [-0.05, 0) is 42.8 Å². The lowest BCUT2D eigenvalue weighted by Gasteiger charge is -2.18. The Hall–Kier alpha value is -2.66. The zero-order chi connectivity index (χ0) is 22.0. The largest absolute Gasteiger partial charge is 0.482 e. The number of aliphatic hydroxyl groups is 1. The van der Waals surface area contributed by atoms with Gasteiger partial charge in [0.1, 0.15) is 11.9 Å². The summed E-state index contributed by atoms with van der Waals surface area (Å²) in [5.41, 5.74) is -3.64. The first kappa shape index (κ1) is 22.6. The summed E-state index contributed by atoms with van der Waals surface area (Å²) in [5.74, 6) is -1.66. The highest BCUT2D eigenvalue weighted by Crippen LogP contribution is 2.37. The number of carboxylic acids is 1. The molecule has 2 N–H and O–H groups in total. The number of ether oxygens (including phenoxy) is 1. The molecule has 29 heavy (non-hydrogen) atoms. The average molecular weight is 436 g/mol. The van der Waals surface area contributed by atoms with Gasteiger partial charge in [0.2, 0.25) is 15.3 Å². The molecule has 6 nitrogen and oxygen atoms in total. The van der Waals surface area contributed by atoms with Gasteiger partial charge in [-0.1, -0.05) is 12.1 Å². The van der Waals surface area contributed by atoms with E-state index in [1.807, 2.05) is 0 Å². The maximum absolute atomic E-state index is 13.2. The molecule has 0 saturated heterocycles. The van der Waals surface area contributed by atoms with Crippen molar-refractivity contribution in [2.45, 2.75) is 29.6 Å². The molecule has 0 fully saturated rings. The van der Waals surface area contributed by atoms with Crippen LogP contribution in [0.1, 0.15) is 29.7 Å². The van der Waals surface area contributed by atoms with Crippen molar-refractivity contribution < 1.29 is 45.7 Å². The smallest absolute Gasteiger partial charge is 0.416 e. The second-order valence-electron chi connectivity index (χ2n) is 5.99. The zero-order valence-electron chi connectivity index (χ0n) is 14.9. The van der Waals surface area contributed by atoms with E-state index in [0.29, 0.717) is 12.1 Å². The number of alkyl halides is 4. The minimum absolute atomic E-state index is 0.00467. The Balaban J connectivity index is 2.46. The fourth-order valence-corrected chi connectivity index (χ4v) is 3.31. The molecule has 0 bridgehead atoms.